The summed E-state index contributed by atoms with van der Waals surface area (Å²) >= 11 is 0. The Bertz CT molecular complexity index is 1090. The van der Waals surface area contributed by atoms with Crippen molar-refractivity contribution in [2.45, 2.75) is 19.4 Å². The Balaban J connectivity index is 1.95. The van der Waals surface area contributed by atoms with Gasteiger partial charge in [-0.05, 0) is 17.7 Å². The highest BCUT2D eigenvalue weighted by atomic mass is 19.1. The lowest BCUT2D eigenvalue weighted by atomic mass is 10.0. The zero-order valence-electron chi connectivity index (χ0n) is 15.8. The van der Waals surface area contributed by atoms with Gasteiger partial charge in [0.1, 0.15) is 23.4 Å². The van der Waals surface area contributed by atoms with E-state index in [4.69, 9.17) is 10.2 Å². The lowest BCUT2D eigenvalue weighted by molar-refractivity contribution is -0.137. The maximum atomic E-state index is 14.2. The largest absolute Gasteiger partial charge is 0.435 e. The molecule has 0 saturated carbocycles. The molecule has 2 amide bonds. The van der Waals surface area contributed by atoms with Crippen LogP contribution in [0.15, 0.2) is 52.9 Å². The van der Waals surface area contributed by atoms with Crippen LogP contribution in [-0.2, 0) is 16.0 Å². The van der Waals surface area contributed by atoms with Crippen molar-refractivity contribution in [1.29, 1.82) is 0 Å². The lowest BCUT2D eigenvalue weighted by Gasteiger charge is -2.16. The number of aromatic nitrogens is 1. The van der Waals surface area contributed by atoms with Gasteiger partial charge in [-0.25, -0.2) is 13.8 Å². The summed E-state index contributed by atoms with van der Waals surface area (Å²) in [6.45, 7) is 1.40. The molecule has 3 N–H and O–H groups in total. The number of halogens is 2. The summed E-state index contributed by atoms with van der Waals surface area (Å²) < 4.78 is 33.7. The number of nitrogens with one attached hydrogen (secondary N) is 1. The van der Waals surface area contributed by atoms with Crippen molar-refractivity contribution >= 4 is 17.6 Å². The van der Waals surface area contributed by atoms with E-state index in [9.17, 15) is 23.2 Å². The van der Waals surface area contributed by atoms with Crippen LogP contribution in [0.1, 0.15) is 22.0 Å². The molecule has 7 nitrogen and oxygen atoms in total. The number of ketones is 1. The zero-order valence-corrected chi connectivity index (χ0v) is 15.8. The summed E-state index contributed by atoms with van der Waals surface area (Å²) in [5.41, 5.74) is 4.86. The number of carbonyl (C=O) groups is 3. The van der Waals surface area contributed by atoms with Crippen LogP contribution in [0.5, 0.6) is 0 Å². The third-order valence-corrected chi connectivity index (χ3v) is 4.29. The molecule has 1 unspecified atom stereocenters. The van der Waals surface area contributed by atoms with Gasteiger partial charge < -0.3 is 15.5 Å². The van der Waals surface area contributed by atoms with Crippen molar-refractivity contribution < 1.29 is 27.6 Å². The Morgan fingerprint density at radius 3 is 2.30 bits per heavy atom. The van der Waals surface area contributed by atoms with Gasteiger partial charge in [-0.1, -0.05) is 36.4 Å². The maximum absolute atomic E-state index is 14.2. The van der Waals surface area contributed by atoms with Gasteiger partial charge in [0.05, 0.1) is 5.56 Å². The Morgan fingerprint density at radius 1 is 1.07 bits per heavy atom. The normalized spacial score (nSPS) is 11.7. The molecular formula is C21H17F2N3O4. The van der Waals surface area contributed by atoms with Crippen LogP contribution in [0, 0.1) is 18.6 Å². The number of primary amides is 1. The van der Waals surface area contributed by atoms with E-state index in [1.807, 2.05) is 0 Å². The fraction of sp³-hybridized carbons (Fsp3) is 0.143. The van der Waals surface area contributed by atoms with Crippen molar-refractivity contribution in [3.8, 4) is 11.3 Å². The Labute approximate surface area is 169 Å². The molecule has 0 aliphatic heterocycles. The first kappa shape index (κ1) is 20.8. The number of benzene rings is 2. The molecule has 0 spiro atoms. The van der Waals surface area contributed by atoms with E-state index in [-0.39, 0.29) is 18.0 Å². The number of hydrogen-bond acceptors (Lipinski definition) is 5. The molecule has 3 aromatic rings. The molecule has 0 aliphatic rings. The fourth-order valence-corrected chi connectivity index (χ4v) is 2.93. The van der Waals surface area contributed by atoms with Crippen LogP contribution >= 0.6 is 0 Å². The van der Waals surface area contributed by atoms with Crippen molar-refractivity contribution in [2.75, 3.05) is 0 Å². The van der Waals surface area contributed by atoms with Crippen LogP contribution < -0.4 is 11.1 Å². The van der Waals surface area contributed by atoms with E-state index in [1.165, 1.54) is 13.0 Å². The van der Waals surface area contributed by atoms with Gasteiger partial charge in [0.15, 0.2) is 5.89 Å². The highest BCUT2D eigenvalue weighted by molar-refractivity contribution is 6.38. The molecule has 0 bridgehead atoms. The zero-order chi connectivity index (χ0) is 21.8. The summed E-state index contributed by atoms with van der Waals surface area (Å²) in [6.07, 6.45) is -0.0230. The summed E-state index contributed by atoms with van der Waals surface area (Å²) in [5.74, 6) is -5.61. The number of oxazole rings is 1. The highest BCUT2D eigenvalue weighted by Gasteiger charge is 2.30. The van der Waals surface area contributed by atoms with Crippen molar-refractivity contribution in [1.82, 2.24) is 10.3 Å². The standard InChI is InChI=1S/C21H17F2N3O4/c1-11-25-17(16-13(22)8-5-9-14(16)23)19(30-11)21(29)26-15(18(27)20(24)28)10-12-6-3-2-4-7-12/h2-9,15H,10H2,1H3,(H2,24,28)(H,26,29). The quantitative estimate of drug-likeness (QED) is 0.577. The summed E-state index contributed by atoms with van der Waals surface area (Å²) in [5, 5.41) is 2.36. The minimum atomic E-state index is -1.30. The topological polar surface area (TPSA) is 115 Å². The van der Waals surface area contributed by atoms with Crippen LogP contribution in [0.3, 0.4) is 0 Å². The second kappa shape index (κ2) is 8.64. The number of rotatable bonds is 7. The van der Waals surface area contributed by atoms with Crippen molar-refractivity contribution in [2.24, 2.45) is 5.73 Å². The molecule has 3 rings (SSSR count). The minimum absolute atomic E-state index is 0.0151. The molecule has 1 atom stereocenters. The van der Waals surface area contributed by atoms with Gasteiger partial charge in [-0.3, -0.25) is 14.4 Å². The first-order chi connectivity index (χ1) is 14.3. The molecule has 154 valence electrons. The minimum Gasteiger partial charge on any atom is -0.435 e. The van der Waals surface area contributed by atoms with E-state index in [0.29, 0.717) is 5.56 Å². The second-order valence-electron chi connectivity index (χ2n) is 6.45. The maximum Gasteiger partial charge on any atom is 0.290 e. The van der Waals surface area contributed by atoms with Gasteiger partial charge in [0.2, 0.25) is 11.5 Å². The molecule has 0 aliphatic carbocycles. The molecular weight excluding hydrogens is 396 g/mol. The van der Waals surface area contributed by atoms with Crippen LogP contribution in [-0.4, -0.2) is 28.6 Å². The molecule has 2 aromatic carbocycles. The SMILES string of the molecule is Cc1nc(-c2c(F)cccc2F)c(C(=O)NC(Cc2ccccc2)C(=O)C(N)=O)o1. The van der Waals surface area contributed by atoms with E-state index in [1.54, 1.807) is 30.3 Å². The number of carbonyl (C=O) groups excluding carboxylic acids is 3. The molecule has 1 aromatic heterocycles. The van der Waals surface area contributed by atoms with Gasteiger partial charge in [0.25, 0.3) is 11.8 Å². The predicted octanol–water partition coefficient (Wildman–Crippen LogP) is 2.32. The highest BCUT2D eigenvalue weighted by Crippen LogP contribution is 2.29. The third-order valence-electron chi connectivity index (χ3n) is 4.29. The number of Topliss-reactive ketones (excluding diaryl/α,β-unsaturated/α-hetero) is 1. The smallest absolute Gasteiger partial charge is 0.290 e. The van der Waals surface area contributed by atoms with Crippen molar-refractivity contribution in [3.63, 3.8) is 0 Å². The van der Waals surface area contributed by atoms with Crippen LogP contribution in [0.25, 0.3) is 11.3 Å². The summed E-state index contributed by atoms with van der Waals surface area (Å²) in [4.78, 5) is 40.4. The molecule has 9 heteroatoms. The molecule has 0 radical (unpaired) electrons. The van der Waals surface area contributed by atoms with Gasteiger partial charge in [-0.2, -0.15) is 0 Å². The third kappa shape index (κ3) is 4.40. The monoisotopic (exact) mass is 413 g/mol. The van der Waals surface area contributed by atoms with Gasteiger partial charge in [0, 0.05) is 13.3 Å². The van der Waals surface area contributed by atoms with Gasteiger partial charge >= 0.3 is 0 Å². The Hall–Kier alpha value is -3.88. The van der Waals surface area contributed by atoms with Crippen LogP contribution in [0.4, 0.5) is 8.78 Å². The van der Waals surface area contributed by atoms with Gasteiger partial charge in [-0.15, -0.1) is 0 Å². The van der Waals surface area contributed by atoms with Crippen molar-refractivity contribution in [3.05, 3.63) is 77.4 Å². The fourth-order valence-electron chi connectivity index (χ4n) is 2.93. The number of nitrogens with two attached hydrogens (primary N) is 1. The van der Waals surface area contributed by atoms with E-state index in [0.717, 1.165) is 12.1 Å². The average molecular weight is 413 g/mol. The Kier molecular flexibility index (Phi) is 6.01. The van der Waals surface area contributed by atoms with Crippen LogP contribution in [0.2, 0.25) is 0 Å². The van der Waals surface area contributed by atoms with E-state index >= 15 is 0 Å². The first-order valence-corrected chi connectivity index (χ1v) is 8.88. The molecule has 0 saturated heterocycles. The average Bonchev–Trinajstić information content (AvgIpc) is 3.09. The number of nitrogens with zero attached hydrogens (tertiary/aromatic N) is 1. The first-order valence-electron chi connectivity index (χ1n) is 8.88. The van der Waals surface area contributed by atoms with E-state index < -0.39 is 46.6 Å². The number of aryl methyl sites for hydroxylation is 1. The number of hydrogen-bond donors (Lipinski definition) is 2. The predicted molar refractivity (Wildman–Crippen MR) is 102 cm³/mol. The molecule has 0 fully saturated rings. The summed E-state index contributed by atoms with van der Waals surface area (Å²) in [6, 6.07) is 10.5. The summed E-state index contributed by atoms with van der Waals surface area (Å²) in [7, 11) is 0. The lowest BCUT2D eigenvalue weighted by Crippen LogP contribution is -2.47. The Morgan fingerprint density at radius 2 is 1.70 bits per heavy atom. The second-order valence-corrected chi connectivity index (χ2v) is 6.45. The van der Waals surface area contributed by atoms with E-state index in [2.05, 4.69) is 10.3 Å². The number of amides is 2. The molecule has 1 heterocycles. The molecule has 30 heavy (non-hydrogen) atoms.